The number of anilines is 1. The third-order valence-electron chi connectivity index (χ3n) is 4.19. The van der Waals surface area contributed by atoms with E-state index in [1.807, 2.05) is 35.2 Å². The first-order chi connectivity index (χ1) is 12.4. The van der Waals surface area contributed by atoms with Gasteiger partial charge >= 0.3 is 5.97 Å². The molecular formula is C18H19ClN2O4S. The van der Waals surface area contributed by atoms with E-state index in [2.05, 4.69) is 5.32 Å². The molecule has 8 heteroatoms. The average Bonchev–Trinajstić information content (AvgIpc) is 2.66. The van der Waals surface area contributed by atoms with Gasteiger partial charge in [0.25, 0.3) is 9.05 Å². The number of rotatable bonds is 5. The highest BCUT2D eigenvalue weighted by Crippen LogP contribution is 2.23. The first kappa shape index (κ1) is 18.7. The van der Waals surface area contributed by atoms with Gasteiger partial charge in [0, 0.05) is 36.0 Å². The van der Waals surface area contributed by atoms with Crippen molar-refractivity contribution in [3.05, 3.63) is 60.2 Å². The minimum Gasteiger partial charge on any atom is -0.459 e. The van der Waals surface area contributed by atoms with Gasteiger partial charge in [0.2, 0.25) is 0 Å². The molecule has 2 aromatic rings. The summed E-state index contributed by atoms with van der Waals surface area (Å²) in [5.74, 6) is -0.324. The lowest BCUT2D eigenvalue weighted by atomic mass is 10.1. The summed E-state index contributed by atoms with van der Waals surface area (Å²) in [5, 5.41) is 3.19. The van der Waals surface area contributed by atoms with E-state index in [1.165, 1.54) is 12.1 Å². The Labute approximate surface area is 157 Å². The number of esters is 1. The highest BCUT2D eigenvalue weighted by atomic mass is 35.7. The molecule has 1 saturated heterocycles. The third kappa shape index (κ3) is 4.55. The Balaban J connectivity index is 1.72. The Morgan fingerprint density at radius 1 is 1.15 bits per heavy atom. The summed E-state index contributed by atoms with van der Waals surface area (Å²) in [4.78, 5) is 14.5. The lowest BCUT2D eigenvalue weighted by Gasteiger charge is -2.36. The number of benzene rings is 2. The Morgan fingerprint density at radius 2 is 1.85 bits per heavy atom. The zero-order valence-corrected chi connectivity index (χ0v) is 15.5. The summed E-state index contributed by atoms with van der Waals surface area (Å²) in [5.41, 5.74) is 1.67. The zero-order chi connectivity index (χ0) is 18.6. The Morgan fingerprint density at radius 3 is 2.50 bits per heavy atom. The molecule has 1 atom stereocenters. The van der Waals surface area contributed by atoms with Crippen LogP contribution < -0.4 is 10.2 Å². The molecule has 1 fully saturated rings. The van der Waals surface area contributed by atoms with Crippen molar-refractivity contribution in [3.8, 4) is 0 Å². The van der Waals surface area contributed by atoms with Gasteiger partial charge in [-0.15, -0.1) is 0 Å². The van der Waals surface area contributed by atoms with Crippen LogP contribution in [0.1, 0.15) is 5.56 Å². The van der Waals surface area contributed by atoms with Crippen LogP contribution in [0.25, 0.3) is 0 Å². The number of hydrogen-bond acceptors (Lipinski definition) is 6. The summed E-state index contributed by atoms with van der Waals surface area (Å²) in [6.07, 6.45) is 0. The fraction of sp³-hybridized carbons (Fsp3) is 0.278. The summed E-state index contributed by atoms with van der Waals surface area (Å²) in [7, 11) is 1.58. The van der Waals surface area contributed by atoms with Gasteiger partial charge in [-0.2, -0.15) is 0 Å². The third-order valence-corrected chi connectivity index (χ3v) is 5.56. The number of nitrogens with one attached hydrogen (secondary N) is 1. The van der Waals surface area contributed by atoms with Crippen molar-refractivity contribution >= 4 is 31.4 Å². The highest BCUT2D eigenvalue weighted by molar-refractivity contribution is 8.13. The minimum absolute atomic E-state index is 0.0289. The van der Waals surface area contributed by atoms with Crippen LogP contribution in [0.5, 0.6) is 0 Å². The quantitative estimate of drug-likeness (QED) is 0.618. The number of piperazine rings is 1. The van der Waals surface area contributed by atoms with Crippen molar-refractivity contribution in [1.29, 1.82) is 0 Å². The molecule has 1 heterocycles. The minimum atomic E-state index is -3.77. The number of halogens is 1. The van der Waals surface area contributed by atoms with E-state index in [4.69, 9.17) is 15.4 Å². The van der Waals surface area contributed by atoms with E-state index in [9.17, 15) is 13.2 Å². The van der Waals surface area contributed by atoms with E-state index in [1.54, 1.807) is 12.1 Å². The predicted molar refractivity (Wildman–Crippen MR) is 99.7 cm³/mol. The Hall–Kier alpha value is -2.09. The average molecular weight is 395 g/mol. The van der Waals surface area contributed by atoms with Gasteiger partial charge in [0.15, 0.2) is 0 Å². The molecule has 1 aliphatic rings. The van der Waals surface area contributed by atoms with Gasteiger partial charge in [-0.25, -0.2) is 13.2 Å². The summed E-state index contributed by atoms with van der Waals surface area (Å²) in [6, 6.07) is 15.2. The van der Waals surface area contributed by atoms with Gasteiger partial charge in [-0.05, 0) is 29.8 Å². The normalized spacial score (nSPS) is 17.7. The van der Waals surface area contributed by atoms with E-state index < -0.39 is 15.1 Å². The fourth-order valence-corrected chi connectivity index (χ4v) is 3.62. The molecule has 2 aromatic carbocycles. The monoisotopic (exact) mass is 394 g/mol. The van der Waals surface area contributed by atoms with E-state index in [0.717, 1.165) is 17.8 Å². The molecule has 0 aromatic heterocycles. The standard InChI is InChI=1S/C18H19ClN2O4S/c19-26(23,24)16-8-6-15(7-9-16)21-11-10-20-12-17(21)18(22)25-13-14-4-2-1-3-5-14/h1-9,17,20H,10-13H2. The number of hydrogen-bond donors (Lipinski definition) is 1. The first-order valence-electron chi connectivity index (χ1n) is 8.18. The van der Waals surface area contributed by atoms with E-state index in [0.29, 0.717) is 13.1 Å². The molecule has 1 unspecified atom stereocenters. The molecule has 0 aliphatic carbocycles. The van der Waals surface area contributed by atoms with Crippen LogP contribution in [0, 0.1) is 0 Å². The largest absolute Gasteiger partial charge is 0.459 e. The summed E-state index contributed by atoms with van der Waals surface area (Å²) < 4.78 is 28.2. The van der Waals surface area contributed by atoms with Crippen molar-refractivity contribution < 1.29 is 17.9 Å². The number of carbonyl (C=O) groups excluding carboxylic acids is 1. The zero-order valence-electron chi connectivity index (χ0n) is 14.0. The van der Waals surface area contributed by atoms with Crippen molar-refractivity contribution in [1.82, 2.24) is 5.32 Å². The van der Waals surface area contributed by atoms with Crippen LogP contribution in [-0.2, 0) is 25.2 Å². The maximum Gasteiger partial charge on any atom is 0.330 e. The molecule has 26 heavy (non-hydrogen) atoms. The number of nitrogens with zero attached hydrogens (tertiary/aromatic N) is 1. The maximum atomic E-state index is 12.6. The second-order valence-electron chi connectivity index (χ2n) is 5.94. The second-order valence-corrected chi connectivity index (χ2v) is 8.50. The van der Waals surface area contributed by atoms with Crippen LogP contribution in [0.2, 0.25) is 0 Å². The SMILES string of the molecule is O=C(OCc1ccccc1)C1CNCCN1c1ccc(S(=O)(=O)Cl)cc1. The molecule has 0 bridgehead atoms. The van der Waals surface area contributed by atoms with E-state index >= 15 is 0 Å². The van der Waals surface area contributed by atoms with Gasteiger partial charge < -0.3 is 15.0 Å². The molecule has 1 aliphatic heterocycles. The van der Waals surface area contributed by atoms with Crippen LogP contribution >= 0.6 is 10.7 Å². The molecule has 0 spiro atoms. The van der Waals surface area contributed by atoms with Crippen molar-refractivity contribution in [2.45, 2.75) is 17.5 Å². The molecule has 138 valence electrons. The lowest BCUT2D eigenvalue weighted by Crippen LogP contribution is -2.55. The molecule has 1 N–H and O–H groups in total. The predicted octanol–water partition coefficient (Wildman–Crippen LogP) is 2.14. The van der Waals surface area contributed by atoms with Gasteiger partial charge in [-0.1, -0.05) is 30.3 Å². The summed E-state index contributed by atoms with van der Waals surface area (Å²) >= 11 is 0. The Bertz CT molecular complexity index is 857. The van der Waals surface area contributed by atoms with Crippen LogP contribution in [0.3, 0.4) is 0 Å². The molecule has 3 rings (SSSR count). The first-order valence-corrected chi connectivity index (χ1v) is 10.5. The van der Waals surface area contributed by atoms with Crippen molar-refractivity contribution in [3.63, 3.8) is 0 Å². The highest BCUT2D eigenvalue weighted by Gasteiger charge is 2.30. The molecule has 0 amide bonds. The fourth-order valence-electron chi connectivity index (χ4n) is 2.85. The molecule has 0 radical (unpaired) electrons. The van der Waals surface area contributed by atoms with Crippen LogP contribution in [0.15, 0.2) is 59.5 Å². The second kappa shape index (κ2) is 8.07. The van der Waals surface area contributed by atoms with Crippen LogP contribution in [0.4, 0.5) is 5.69 Å². The van der Waals surface area contributed by atoms with Crippen molar-refractivity contribution in [2.24, 2.45) is 0 Å². The van der Waals surface area contributed by atoms with Gasteiger partial charge in [-0.3, -0.25) is 0 Å². The number of carbonyl (C=O) groups is 1. The van der Waals surface area contributed by atoms with E-state index in [-0.39, 0.29) is 17.5 Å². The maximum absolute atomic E-state index is 12.6. The molecule has 0 saturated carbocycles. The molecule has 6 nitrogen and oxygen atoms in total. The number of ether oxygens (including phenoxy) is 1. The Kier molecular flexibility index (Phi) is 5.80. The van der Waals surface area contributed by atoms with Crippen LogP contribution in [-0.4, -0.2) is 40.1 Å². The lowest BCUT2D eigenvalue weighted by molar-refractivity contribution is -0.146. The smallest absolute Gasteiger partial charge is 0.330 e. The van der Waals surface area contributed by atoms with Gasteiger partial charge in [0.05, 0.1) is 4.90 Å². The molecular weight excluding hydrogens is 376 g/mol. The van der Waals surface area contributed by atoms with Crippen molar-refractivity contribution in [2.75, 3.05) is 24.5 Å². The topological polar surface area (TPSA) is 75.7 Å². The summed E-state index contributed by atoms with van der Waals surface area (Å²) in [6.45, 7) is 2.01. The van der Waals surface area contributed by atoms with Gasteiger partial charge in [0.1, 0.15) is 12.6 Å².